The highest BCUT2D eigenvalue weighted by atomic mass is 16.6. The zero-order valence-corrected chi connectivity index (χ0v) is 16.7. The third-order valence-electron chi connectivity index (χ3n) is 4.75. The summed E-state index contributed by atoms with van der Waals surface area (Å²) in [5.41, 5.74) is 2.97. The molecule has 0 unspecified atom stereocenters. The lowest BCUT2D eigenvalue weighted by Gasteiger charge is -2.39. The monoisotopic (exact) mass is 384 g/mol. The first kappa shape index (κ1) is 18.3. The fraction of sp³-hybridized carbons (Fsp3) is 0.474. The quantitative estimate of drug-likeness (QED) is 0.690. The number of nitrogens with zero attached hydrogens (tertiary/aromatic N) is 6. The zero-order chi connectivity index (χ0) is 20.1. The van der Waals surface area contributed by atoms with Crippen molar-refractivity contribution in [2.24, 2.45) is 0 Å². The summed E-state index contributed by atoms with van der Waals surface area (Å²) < 4.78 is 14.5. The molecule has 1 aliphatic heterocycles. The van der Waals surface area contributed by atoms with Crippen LogP contribution >= 0.6 is 0 Å². The summed E-state index contributed by atoms with van der Waals surface area (Å²) in [7, 11) is 1.63. The molecule has 28 heavy (non-hydrogen) atoms. The van der Waals surface area contributed by atoms with E-state index in [2.05, 4.69) is 15.4 Å². The minimum Gasteiger partial charge on any atom is -0.494 e. The molecule has 3 aromatic rings. The van der Waals surface area contributed by atoms with Gasteiger partial charge in [0.05, 0.1) is 25.0 Å². The minimum absolute atomic E-state index is 0.0871. The molecule has 0 radical (unpaired) electrons. The number of carbonyl (C=O) groups excluding carboxylic acids is 1. The van der Waals surface area contributed by atoms with Crippen LogP contribution in [0.4, 0.5) is 4.79 Å². The number of pyridine rings is 1. The number of carbonyl (C=O) groups is 1. The van der Waals surface area contributed by atoms with Gasteiger partial charge in [-0.2, -0.15) is 5.10 Å². The summed E-state index contributed by atoms with van der Waals surface area (Å²) in [5, 5.41) is 13.0. The van der Waals surface area contributed by atoms with E-state index in [1.807, 2.05) is 50.7 Å². The zero-order valence-electron chi connectivity index (χ0n) is 16.7. The number of rotatable bonds is 3. The van der Waals surface area contributed by atoms with E-state index < -0.39 is 5.60 Å². The van der Waals surface area contributed by atoms with Crippen molar-refractivity contribution in [3.8, 4) is 17.0 Å². The highest BCUT2D eigenvalue weighted by molar-refractivity contribution is 5.70. The van der Waals surface area contributed by atoms with Crippen molar-refractivity contribution in [2.45, 2.75) is 39.3 Å². The predicted molar refractivity (Wildman–Crippen MR) is 102 cm³/mol. The predicted octanol–water partition coefficient (Wildman–Crippen LogP) is 2.70. The molecule has 0 bridgehead atoms. The Morgan fingerprint density at radius 3 is 2.71 bits per heavy atom. The van der Waals surface area contributed by atoms with Crippen molar-refractivity contribution in [2.75, 3.05) is 20.2 Å². The lowest BCUT2D eigenvalue weighted by atomic mass is 10.1. The Balaban J connectivity index is 1.54. The van der Waals surface area contributed by atoms with Gasteiger partial charge in [-0.25, -0.2) is 14.0 Å². The second-order valence-corrected chi connectivity index (χ2v) is 7.97. The van der Waals surface area contributed by atoms with Gasteiger partial charge in [-0.1, -0.05) is 5.21 Å². The fourth-order valence-corrected chi connectivity index (χ4v) is 3.33. The molecule has 0 aliphatic carbocycles. The summed E-state index contributed by atoms with van der Waals surface area (Å²) in [5.74, 6) is 0.726. The molecule has 1 aliphatic rings. The van der Waals surface area contributed by atoms with Crippen LogP contribution in [0.5, 0.6) is 5.75 Å². The largest absolute Gasteiger partial charge is 0.494 e. The molecule has 1 saturated heterocycles. The molecule has 4 rings (SSSR count). The molecule has 0 saturated carbocycles. The number of ether oxygens (including phenoxy) is 2. The molecule has 1 fully saturated rings. The Hall–Kier alpha value is -3.10. The van der Waals surface area contributed by atoms with Crippen LogP contribution in [0.15, 0.2) is 24.5 Å². The van der Waals surface area contributed by atoms with Crippen molar-refractivity contribution in [3.05, 3.63) is 30.2 Å². The molecule has 4 heterocycles. The molecule has 0 aromatic carbocycles. The van der Waals surface area contributed by atoms with E-state index in [0.717, 1.165) is 28.2 Å². The second kappa shape index (κ2) is 6.50. The molecular formula is C19H24N6O3. The topological polar surface area (TPSA) is 86.8 Å². The molecule has 0 atom stereocenters. The normalized spacial score (nSPS) is 15.0. The van der Waals surface area contributed by atoms with E-state index in [-0.39, 0.29) is 12.1 Å². The van der Waals surface area contributed by atoms with E-state index in [0.29, 0.717) is 13.1 Å². The van der Waals surface area contributed by atoms with Crippen molar-refractivity contribution in [1.29, 1.82) is 0 Å². The van der Waals surface area contributed by atoms with Crippen LogP contribution in [0, 0.1) is 6.92 Å². The van der Waals surface area contributed by atoms with E-state index in [4.69, 9.17) is 9.47 Å². The van der Waals surface area contributed by atoms with Crippen LogP contribution in [0.1, 0.15) is 32.5 Å². The minimum atomic E-state index is -0.497. The number of amides is 1. The van der Waals surface area contributed by atoms with Gasteiger partial charge in [0.2, 0.25) is 0 Å². The van der Waals surface area contributed by atoms with Gasteiger partial charge in [0.1, 0.15) is 22.6 Å². The lowest BCUT2D eigenvalue weighted by molar-refractivity contribution is -0.000880. The van der Waals surface area contributed by atoms with Crippen molar-refractivity contribution < 1.29 is 14.3 Å². The number of hydrogen-bond donors (Lipinski definition) is 0. The summed E-state index contributed by atoms with van der Waals surface area (Å²) in [6.45, 7) is 8.67. The molecule has 0 spiro atoms. The van der Waals surface area contributed by atoms with E-state index in [9.17, 15) is 4.79 Å². The van der Waals surface area contributed by atoms with Crippen LogP contribution in [0.2, 0.25) is 0 Å². The van der Waals surface area contributed by atoms with Crippen LogP contribution in [0.25, 0.3) is 16.8 Å². The third-order valence-corrected chi connectivity index (χ3v) is 4.75. The Kier molecular flexibility index (Phi) is 4.24. The number of methoxy groups -OCH3 is 1. The molecule has 0 N–H and O–H groups in total. The van der Waals surface area contributed by atoms with Crippen molar-refractivity contribution in [3.63, 3.8) is 0 Å². The first-order chi connectivity index (χ1) is 13.3. The first-order valence-electron chi connectivity index (χ1n) is 9.18. The summed E-state index contributed by atoms with van der Waals surface area (Å²) in [6.07, 6.45) is 3.34. The average molecular weight is 384 g/mol. The third kappa shape index (κ3) is 3.17. The van der Waals surface area contributed by atoms with Crippen LogP contribution in [0.3, 0.4) is 0 Å². The molecule has 9 heteroatoms. The average Bonchev–Trinajstić information content (AvgIpc) is 3.18. The van der Waals surface area contributed by atoms with Crippen LogP contribution in [-0.4, -0.2) is 61.4 Å². The Labute approximate surface area is 162 Å². The number of fused-ring (bicyclic) bond motifs is 1. The van der Waals surface area contributed by atoms with E-state index >= 15 is 0 Å². The second-order valence-electron chi connectivity index (χ2n) is 7.97. The van der Waals surface area contributed by atoms with Crippen molar-refractivity contribution in [1.82, 2.24) is 29.5 Å². The summed E-state index contributed by atoms with van der Waals surface area (Å²) in [4.78, 5) is 13.8. The number of likely N-dealkylation sites (tertiary alicyclic amines) is 1. The SMILES string of the molecule is COc1cc(-c2nnn(C3CN(C(=O)OC(C)(C)C)C3)c2C)cn2nccc12. The van der Waals surface area contributed by atoms with Gasteiger partial charge in [0.15, 0.2) is 0 Å². The smallest absolute Gasteiger partial charge is 0.410 e. The fourth-order valence-electron chi connectivity index (χ4n) is 3.33. The van der Waals surface area contributed by atoms with Gasteiger partial charge < -0.3 is 14.4 Å². The highest BCUT2D eigenvalue weighted by Gasteiger charge is 2.36. The maximum atomic E-state index is 12.1. The Bertz CT molecular complexity index is 1030. The van der Waals surface area contributed by atoms with Gasteiger partial charge in [0, 0.05) is 24.8 Å². The van der Waals surface area contributed by atoms with Gasteiger partial charge in [-0.05, 0) is 39.8 Å². The maximum Gasteiger partial charge on any atom is 0.410 e. The van der Waals surface area contributed by atoms with E-state index in [1.54, 1.807) is 22.7 Å². The lowest BCUT2D eigenvalue weighted by Crippen LogP contribution is -2.52. The first-order valence-corrected chi connectivity index (χ1v) is 9.18. The van der Waals surface area contributed by atoms with Crippen LogP contribution < -0.4 is 4.74 Å². The molecule has 1 amide bonds. The molecule has 3 aromatic heterocycles. The molecular weight excluding hydrogens is 360 g/mol. The van der Waals surface area contributed by atoms with Gasteiger partial charge >= 0.3 is 6.09 Å². The van der Waals surface area contributed by atoms with Gasteiger partial charge in [-0.3, -0.25) is 0 Å². The Morgan fingerprint density at radius 1 is 1.29 bits per heavy atom. The molecule has 9 nitrogen and oxygen atoms in total. The summed E-state index contributed by atoms with van der Waals surface area (Å²) in [6, 6.07) is 3.92. The summed E-state index contributed by atoms with van der Waals surface area (Å²) >= 11 is 0. The number of hydrogen-bond acceptors (Lipinski definition) is 6. The standard InChI is InChI=1S/C19H24N6O3/c1-12-17(13-8-16(27-5)15-6-7-20-24(15)9-13)21-22-25(12)14-10-23(11-14)18(26)28-19(2,3)4/h6-9,14H,10-11H2,1-5H3. The van der Waals surface area contributed by atoms with Crippen molar-refractivity contribution >= 4 is 11.6 Å². The van der Waals surface area contributed by atoms with Crippen LogP contribution in [-0.2, 0) is 4.74 Å². The Morgan fingerprint density at radius 2 is 2.04 bits per heavy atom. The number of aromatic nitrogens is 5. The maximum absolute atomic E-state index is 12.1. The molecule has 148 valence electrons. The van der Waals surface area contributed by atoms with E-state index in [1.165, 1.54) is 0 Å². The van der Waals surface area contributed by atoms with Gasteiger partial charge in [0.25, 0.3) is 0 Å². The highest BCUT2D eigenvalue weighted by Crippen LogP contribution is 2.31. The van der Waals surface area contributed by atoms with Gasteiger partial charge in [-0.15, -0.1) is 5.10 Å².